The van der Waals surface area contributed by atoms with Gasteiger partial charge >= 0.3 is 0 Å². The molecule has 0 aliphatic carbocycles. The zero-order valence-electron chi connectivity index (χ0n) is 21.8. The zero-order valence-corrected chi connectivity index (χ0v) is 22.6. The van der Waals surface area contributed by atoms with Gasteiger partial charge in [-0.05, 0) is 55.9 Å². The quantitative estimate of drug-likeness (QED) is 0.444. The second kappa shape index (κ2) is 12.7. The molecule has 1 atom stereocenters. The number of carbonyl (C=O) groups is 2. The summed E-state index contributed by atoms with van der Waals surface area (Å²) in [5.74, 6) is -0.639. The third-order valence-electron chi connectivity index (χ3n) is 6.19. The van der Waals surface area contributed by atoms with Crippen LogP contribution in [0, 0.1) is 20.8 Å². The van der Waals surface area contributed by atoms with E-state index in [-0.39, 0.29) is 19.0 Å². The molecular weight excluding hydrogens is 462 g/mol. The van der Waals surface area contributed by atoms with E-state index in [4.69, 9.17) is 0 Å². The molecule has 0 unspecified atom stereocenters. The summed E-state index contributed by atoms with van der Waals surface area (Å²) in [5.41, 5.74) is 3.94. The number of hydrogen-bond acceptors (Lipinski definition) is 4. The molecule has 8 heteroatoms. The van der Waals surface area contributed by atoms with Gasteiger partial charge in [0.1, 0.15) is 12.6 Å². The zero-order chi connectivity index (χ0) is 26.2. The van der Waals surface area contributed by atoms with Gasteiger partial charge in [0.2, 0.25) is 21.8 Å². The molecule has 0 radical (unpaired) electrons. The maximum absolute atomic E-state index is 13.8. The number of rotatable bonds is 12. The first-order valence-electron chi connectivity index (χ1n) is 12.2. The molecule has 2 amide bonds. The van der Waals surface area contributed by atoms with E-state index in [1.54, 1.807) is 0 Å². The third-order valence-corrected chi connectivity index (χ3v) is 7.30. The van der Waals surface area contributed by atoms with Gasteiger partial charge in [-0.25, -0.2) is 8.42 Å². The van der Waals surface area contributed by atoms with Crippen molar-refractivity contribution in [2.24, 2.45) is 0 Å². The van der Waals surface area contributed by atoms with E-state index in [1.165, 1.54) is 4.90 Å². The number of sulfonamides is 1. The number of benzene rings is 2. The minimum Gasteiger partial charge on any atom is -0.354 e. The molecule has 0 fully saturated rings. The molecule has 0 aliphatic heterocycles. The van der Waals surface area contributed by atoms with Crippen LogP contribution in [0.25, 0.3) is 0 Å². The van der Waals surface area contributed by atoms with Gasteiger partial charge in [-0.1, -0.05) is 62.7 Å². The van der Waals surface area contributed by atoms with Crippen molar-refractivity contribution >= 4 is 27.5 Å². The first-order chi connectivity index (χ1) is 16.5. The minimum absolute atomic E-state index is 0.218. The molecule has 0 saturated heterocycles. The lowest BCUT2D eigenvalue weighted by Gasteiger charge is -2.33. The highest BCUT2D eigenvalue weighted by atomic mass is 32.2. The Bertz CT molecular complexity index is 1110. The highest BCUT2D eigenvalue weighted by molar-refractivity contribution is 7.92. The Morgan fingerprint density at radius 3 is 2.09 bits per heavy atom. The molecule has 7 nitrogen and oxygen atoms in total. The summed E-state index contributed by atoms with van der Waals surface area (Å²) in [6.45, 7) is 9.89. The van der Waals surface area contributed by atoms with Crippen LogP contribution in [0.3, 0.4) is 0 Å². The number of nitrogens with zero attached hydrogens (tertiary/aromatic N) is 2. The van der Waals surface area contributed by atoms with E-state index in [0.717, 1.165) is 45.7 Å². The number of nitrogens with one attached hydrogen (secondary N) is 1. The molecule has 0 aromatic heterocycles. The summed E-state index contributed by atoms with van der Waals surface area (Å²) in [6, 6.07) is 12.5. The van der Waals surface area contributed by atoms with Crippen molar-refractivity contribution in [2.75, 3.05) is 23.7 Å². The number of anilines is 1. The molecule has 192 valence electrons. The van der Waals surface area contributed by atoms with Crippen LogP contribution < -0.4 is 9.62 Å². The van der Waals surface area contributed by atoms with Crippen molar-refractivity contribution in [1.29, 1.82) is 0 Å². The molecule has 2 aromatic carbocycles. The highest BCUT2D eigenvalue weighted by Crippen LogP contribution is 2.27. The molecule has 0 aliphatic rings. The average molecular weight is 502 g/mol. The van der Waals surface area contributed by atoms with Gasteiger partial charge in [-0.15, -0.1) is 0 Å². The second-order valence-electron chi connectivity index (χ2n) is 9.03. The molecule has 35 heavy (non-hydrogen) atoms. The van der Waals surface area contributed by atoms with Crippen molar-refractivity contribution in [3.63, 3.8) is 0 Å². The van der Waals surface area contributed by atoms with Gasteiger partial charge in [0.05, 0.1) is 11.9 Å². The smallest absolute Gasteiger partial charge is 0.244 e. The van der Waals surface area contributed by atoms with Gasteiger partial charge in [0.15, 0.2) is 0 Å². The van der Waals surface area contributed by atoms with E-state index < -0.39 is 22.0 Å². The van der Waals surface area contributed by atoms with E-state index in [2.05, 4.69) is 5.32 Å². The predicted octanol–water partition coefficient (Wildman–Crippen LogP) is 4.10. The molecular formula is C27H39N3O4S. The first kappa shape index (κ1) is 28.4. The normalized spacial score (nSPS) is 12.2. The van der Waals surface area contributed by atoms with Gasteiger partial charge < -0.3 is 10.2 Å². The molecule has 2 rings (SSSR count). The van der Waals surface area contributed by atoms with Crippen molar-refractivity contribution in [2.45, 2.75) is 66.5 Å². The molecule has 0 heterocycles. The fourth-order valence-electron chi connectivity index (χ4n) is 4.17. The second-order valence-corrected chi connectivity index (χ2v) is 10.9. The predicted molar refractivity (Wildman–Crippen MR) is 142 cm³/mol. The maximum atomic E-state index is 13.8. The summed E-state index contributed by atoms with van der Waals surface area (Å²) in [5, 5.41) is 2.94. The van der Waals surface area contributed by atoms with E-state index in [0.29, 0.717) is 18.7 Å². The summed E-state index contributed by atoms with van der Waals surface area (Å²) >= 11 is 0. The van der Waals surface area contributed by atoms with Crippen LogP contribution >= 0.6 is 0 Å². The van der Waals surface area contributed by atoms with Gasteiger partial charge in [0, 0.05) is 13.1 Å². The van der Waals surface area contributed by atoms with Crippen LogP contribution in [0.4, 0.5) is 5.69 Å². The highest BCUT2D eigenvalue weighted by Gasteiger charge is 2.32. The van der Waals surface area contributed by atoms with Crippen LogP contribution in [0.5, 0.6) is 0 Å². The number of amides is 2. The van der Waals surface area contributed by atoms with Crippen LogP contribution in [0.1, 0.15) is 55.4 Å². The van der Waals surface area contributed by atoms with Crippen LogP contribution in [-0.4, -0.2) is 50.5 Å². The van der Waals surface area contributed by atoms with Gasteiger partial charge in [-0.3, -0.25) is 13.9 Å². The Kier molecular flexibility index (Phi) is 10.3. The standard InChI is InChI=1S/C27H39N3O4S/c1-7-9-17-28-27(32)24(8-2)29(18-23-16-11-10-13-20(23)3)25(31)19-30(35(6,33)34)26-21(4)14-12-15-22(26)5/h10-16,24H,7-9,17-19H2,1-6H3,(H,28,32)/t24-/m1/s1. The van der Waals surface area contributed by atoms with Gasteiger partial charge in [-0.2, -0.15) is 0 Å². The van der Waals surface area contributed by atoms with E-state index in [1.807, 2.05) is 77.1 Å². The fourth-order valence-corrected chi connectivity index (χ4v) is 5.14. The van der Waals surface area contributed by atoms with E-state index >= 15 is 0 Å². The molecule has 0 spiro atoms. The lowest BCUT2D eigenvalue weighted by Crippen LogP contribution is -2.52. The molecule has 2 aromatic rings. The Hall–Kier alpha value is -2.87. The number of hydrogen-bond donors (Lipinski definition) is 1. The topological polar surface area (TPSA) is 86.8 Å². The Morgan fingerprint density at radius 2 is 1.54 bits per heavy atom. The van der Waals surface area contributed by atoms with Crippen molar-refractivity contribution in [3.8, 4) is 0 Å². The molecule has 1 N–H and O–H groups in total. The Morgan fingerprint density at radius 1 is 0.943 bits per heavy atom. The summed E-state index contributed by atoms with van der Waals surface area (Å²) in [7, 11) is -3.76. The maximum Gasteiger partial charge on any atom is 0.244 e. The summed E-state index contributed by atoms with van der Waals surface area (Å²) < 4.78 is 26.8. The molecule has 0 bridgehead atoms. The first-order valence-corrected chi connectivity index (χ1v) is 14.0. The monoisotopic (exact) mass is 501 g/mol. The van der Waals surface area contributed by atoms with Crippen LogP contribution in [0.15, 0.2) is 42.5 Å². The number of para-hydroxylation sites is 1. The van der Waals surface area contributed by atoms with Gasteiger partial charge in [0.25, 0.3) is 0 Å². The third kappa shape index (κ3) is 7.56. The minimum atomic E-state index is -3.76. The lowest BCUT2D eigenvalue weighted by molar-refractivity contribution is -0.140. The number of aryl methyl sites for hydroxylation is 3. The largest absolute Gasteiger partial charge is 0.354 e. The van der Waals surface area contributed by atoms with Crippen LogP contribution in [0.2, 0.25) is 0 Å². The Balaban J connectivity index is 2.47. The average Bonchev–Trinajstić information content (AvgIpc) is 2.78. The van der Waals surface area contributed by atoms with Crippen molar-refractivity contribution in [3.05, 3.63) is 64.7 Å². The Labute approximate surface area is 210 Å². The van der Waals surface area contributed by atoms with Crippen LogP contribution in [-0.2, 0) is 26.2 Å². The number of unbranched alkanes of at least 4 members (excludes halogenated alkanes) is 1. The SMILES string of the molecule is CCCCNC(=O)[C@@H](CC)N(Cc1ccccc1C)C(=O)CN(c1c(C)cccc1C)S(C)(=O)=O. The van der Waals surface area contributed by atoms with Crippen molar-refractivity contribution < 1.29 is 18.0 Å². The lowest BCUT2D eigenvalue weighted by atomic mass is 10.1. The number of carbonyl (C=O) groups excluding carboxylic acids is 2. The molecule has 0 saturated carbocycles. The summed E-state index contributed by atoms with van der Waals surface area (Å²) in [6.07, 6.45) is 3.31. The van der Waals surface area contributed by atoms with Crippen molar-refractivity contribution in [1.82, 2.24) is 10.2 Å². The summed E-state index contributed by atoms with van der Waals surface area (Å²) in [4.78, 5) is 28.4. The van der Waals surface area contributed by atoms with E-state index in [9.17, 15) is 18.0 Å². The fraction of sp³-hybridized carbons (Fsp3) is 0.481.